The van der Waals surface area contributed by atoms with Gasteiger partial charge in [-0.25, -0.2) is 0 Å². The molecular weight excluding hydrogens is 274 g/mol. The fourth-order valence-electron chi connectivity index (χ4n) is 3.93. The number of hydrogen-bond donors (Lipinski definition) is 1. The number of amides is 1. The summed E-state index contributed by atoms with van der Waals surface area (Å²) in [6.45, 7) is 0.794. The molecule has 0 heterocycles. The number of carbonyl (C=O) groups is 1. The molecule has 0 saturated heterocycles. The molecule has 0 aromatic heterocycles. The molecule has 3 unspecified atom stereocenters. The molecule has 2 aliphatic carbocycles. The van der Waals surface area contributed by atoms with Gasteiger partial charge in [0.05, 0.1) is 5.56 Å². The minimum absolute atomic E-state index is 0.0395. The number of fused-ring (bicyclic) bond motifs is 2. The van der Waals surface area contributed by atoms with Gasteiger partial charge in [-0.1, -0.05) is 18.0 Å². The van der Waals surface area contributed by atoms with Gasteiger partial charge in [0.1, 0.15) is 5.75 Å². The maximum atomic E-state index is 12.4. The van der Waals surface area contributed by atoms with Gasteiger partial charge in [0.15, 0.2) is 0 Å². The lowest BCUT2D eigenvalue weighted by molar-refractivity contribution is 0.0751. The van der Waals surface area contributed by atoms with Gasteiger partial charge in [0.25, 0.3) is 5.91 Å². The first-order valence-electron chi connectivity index (χ1n) is 7.28. The van der Waals surface area contributed by atoms with Crippen LogP contribution in [0.2, 0.25) is 5.02 Å². The zero-order valence-electron chi connectivity index (χ0n) is 11.7. The molecule has 108 valence electrons. The van der Waals surface area contributed by atoms with Crippen molar-refractivity contribution in [3.8, 4) is 5.75 Å². The molecule has 2 aliphatic rings. The maximum absolute atomic E-state index is 12.4. The quantitative estimate of drug-likeness (QED) is 0.926. The Labute approximate surface area is 124 Å². The highest BCUT2D eigenvalue weighted by Gasteiger charge is 2.40. The summed E-state index contributed by atoms with van der Waals surface area (Å²) in [4.78, 5) is 14.1. The Balaban J connectivity index is 1.67. The minimum Gasteiger partial charge on any atom is -0.507 e. The van der Waals surface area contributed by atoms with Crippen molar-refractivity contribution in [2.75, 3.05) is 13.6 Å². The average molecular weight is 294 g/mol. The van der Waals surface area contributed by atoms with Gasteiger partial charge in [-0.2, -0.15) is 0 Å². The van der Waals surface area contributed by atoms with Crippen LogP contribution in [0.25, 0.3) is 0 Å². The summed E-state index contributed by atoms with van der Waals surface area (Å²) >= 11 is 5.80. The lowest BCUT2D eigenvalue weighted by Gasteiger charge is -2.27. The van der Waals surface area contributed by atoms with Crippen LogP contribution in [0.15, 0.2) is 18.2 Å². The van der Waals surface area contributed by atoms with Crippen LogP contribution >= 0.6 is 11.6 Å². The minimum atomic E-state index is -0.123. The van der Waals surface area contributed by atoms with E-state index in [9.17, 15) is 9.90 Å². The molecule has 0 aliphatic heterocycles. The Morgan fingerprint density at radius 2 is 2.20 bits per heavy atom. The van der Waals surface area contributed by atoms with E-state index in [-0.39, 0.29) is 11.7 Å². The van der Waals surface area contributed by atoms with Crippen molar-refractivity contribution in [3.05, 3.63) is 28.8 Å². The zero-order chi connectivity index (χ0) is 14.3. The van der Waals surface area contributed by atoms with E-state index in [1.54, 1.807) is 17.0 Å². The molecule has 1 N–H and O–H groups in total. The maximum Gasteiger partial charge on any atom is 0.257 e. The van der Waals surface area contributed by atoms with E-state index in [4.69, 9.17) is 11.6 Å². The van der Waals surface area contributed by atoms with Crippen LogP contribution in [0.1, 0.15) is 36.0 Å². The molecule has 4 heteroatoms. The Hall–Kier alpha value is -1.22. The number of aromatic hydroxyl groups is 1. The lowest BCUT2D eigenvalue weighted by Crippen LogP contribution is -2.33. The van der Waals surface area contributed by atoms with Crippen LogP contribution in [-0.2, 0) is 0 Å². The number of benzene rings is 1. The van der Waals surface area contributed by atoms with Crippen molar-refractivity contribution in [1.82, 2.24) is 4.90 Å². The second kappa shape index (κ2) is 5.28. The predicted octanol–water partition coefficient (Wildman–Crippen LogP) is 3.55. The third-order valence-corrected chi connectivity index (χ3v) is 5.16. The summed E-state index contributed by atoms with van der Waals surface area (Å²) < 4.78 is 0. The van der Waals surface area contributed by atoms with E-state index in [1.165, 1.54) is 31.7 Å². The third-order valence-electron chi connectivity index (χ3n) is 4.93. The molecule has 1 amide bonds. The Bertz CT molecular complexity index is 531. The number of phenolic OH excluding ortho intramolecular Hbond substituents is 1. The van der Waals surface area contributed by atoms with Crippen molar-refractivity contribution < 1.29 is 9.90 Å². The summed E-state index contributed by atoms with van der Waals surface area (Å²) in [7, 11) is 1.82. The van der Waals surface area contributed by atoms with E-state index in [1.807, 2.05) is 7.05 Å². The summed E-state index contributed by atoms with van der Waals surface area (Å²) in [6, 6.07) is 4.65. The summed E-state index contributed by atoms with van der Waals surface area (Å²) in [5.74, 6) is 2.16. The second-order valence-corrected chi connectivity index (χ2v) is 6.72. The number of halogens is 1. The second-order valence-electron chi connectivity index (χ2n) is 6.28. The number of carbonyl (C=O) groups excluding carboxylic acids is 1. The third kappa shape index (κ3) is 2.51. The van der Waals surface area contributed by atoms with Gasteiger partial charge >= 0.3 is 0 Å². The van der Waals surface area contributed by atoms with Crippen molar-refractivity contribution in [3.63, 3.8) is 0 Å². The number of phenols is 1. The van der Waals surface area contributed by atoms with Gasteiger partial charge in [0, 0.05) is 18.6 Å². The predicted molar refractivity (Wildman–Crippen MR) is 79.0 cm³/mol. The van der Waals surface area contributed by atoms with Crippen LogP contribution in [0.3, 0.4) is 0 Å². The van der Waals surface area contributed by atoms with Gasteiger partial charge < -0.3 is 10.0 Å². The number of nitrogens with zero attached hydrogens (tertiary/aromatic N) is 1. The number of rotatable bonds is 3. The van der Waals surface area contributed by atoms with Crippen LogP contribution < -0.4 is 0 Å². The molecule has 1 aromatic carbocycles. The molecule has 2 fully saturated rings. The topological polar surface area (TPSA) is 40.5 Å². The van der Waals surface area contributed by atoms with Gasteiger partial charge in [-0.15, -0.1) is 0 Å². The normalized spacial score (nSPS) is 27.8. The van der Waals surface area contributed by atoms with Crippen molar-refractivity contribution in [2.45, 2.75) is 25.7 Å². The monoisotopic (exact) mass is 293 g/mol. The van der Waals surface area contributed by atoms with E-state index in [2.05, 4.69) is 0 Å². The van der Waals surface area contributed by atoms with Gasteiger partial charge in [0.2, 0.25) is 0 Å². The fourth-order valence-corrected chi connectivity index (χ4v) is 4.09. The highest BCUT2D eigenvalue weighted by molar-refractivity contribution is 6.30. The Kier molecular flexibility index (Phi) is 3.63. The van der Waals surface area contributed by atoms with Crippen molar-refractivity contribution in [2.24, 2.45) is 17.8 Å². The summed E-state index contributed by atoms with van der Waals surface area (Å²) in [5.41, 5.74) is 0.333. The molecular formula is C16H20ClNO2. The average Bonchev–Trinajstić information content (AvgIpc) is 3.00. The van der Waals surface area contributed by atoms with E-state index >= 15 is 0 Å². The fraction of sp³-hybridized carbons (Fsp3) is 0.562. The molecule has 3 rings (SSSR count). The Morgan fingerprint density at radius 1 is 1.40 bits per heavy atom. The molecule has 0 spiro atoms. The van der Waals surface area contributed by atoms with Gasteiger partial charge in [-0.3, -0.25) is 4.79 Å². The molecule has 1 aromatic rings. The first-order valence-corrected chi connectivity index (χ1v) is 7.66. The van der Waals surface area contributed by atoms with E-state index in [0.29, 0.717) is 16.5 Å². The number of hydrogen-bond acceptors (Lipinski definition) is 2. The Morgan fingerprint density at radius 3 is 2.80 bits per heavy atom. The van der Waals surface area contributed by atoms with Crippen LogP contribution in [0.4, 0.5) is 0 Å². The lowest BCUT2D eigenvalue weighted by atomic mass is 9.88. The zero-order valence-corrected chi connectivity index (χ0v) is 12.4. The molecule has 20 heavy (non-hydrogen) atoms. The van der Waals surface area contributed by atoms with Gasteiger partial charge in [-0.05, 0) is 55.2 Å². The van der Waals surface area contributed by atoms with Crippen molar-refractivity contribution >= 4 is 17.5 Å². The smallest absolute Gasteiger partial charge is 0.257 e. The molecule has 2 bridgehead atoms. The summed E-state index contributed by atoms with van der Waals surface area (Å²) in [5, 5.41) is 10.3. The molecule has 3 atom stereocenters. The largest absolute Gasteiger partial charge is 0.507 e. The highest BCUT2D eigenvalue weighted by Crippen LogP contribution is 2.48. The van der Waals surface area contributed by atoms with Crippen LogP contribution in [0.5, 0.6) is 5.75 Å². The SMILES string of the molecule is CN(CC1CC2CCC1C2)C(=O)c1ccc(Cl)cc1O. The van der Waals surface area contributed by atoms with E-state index in [0.717, 1.165) is 18.4 Å². The first kappa shape index (κ1) is 13.7. The van der Waals surface area contributed by atoms with E-state index < -0.39 is 0 Å². The van der Waals surface area contributed by atoms with Crippen molar-refractivity contribution in [1.29, 1.82) is 0 Å². The molecule has 2 saturated carbocycles. The van der Waals surface area contributed by atoms with Crippen LogP contribution in [0, 0.1) is 17.8 Å². The first-order chi connectivity index (χ1) is 9.54. The van der Waals surface area contributed by atoms with Crippen LogP contribution in [-0.4, -0.2) is 29.5 Å². The molecule has 3 nitrogen and oxygen atoms in total. The highest BCUT2D eigenvalue weighted by atomic mass is 35.5. The molecule has 0 radical (unpaired) electrons. The standard InChI is InChI=1S/C16H20ClNO2/c1-18(9-12-7-10-2-3-11(12)6-10)16(20)14-5-4-13(17)8-15(14)19/h4-5,8,10-12,19H,2-3,6-7,9H2,1H3. The summed E-state index contributed by atoms with van der Waals surface area (Å²) in [6.07, 6.45) is 5.30.